The molecule has 0 aromatic carbocycles. The number of halogens is 3. The standard InChI is InChI=1S/C11H14F3NO3/c12-11(13,14)9(18)15-5-4-10(2-1-3-10)7(6-15)8(16)17/h7H,1-6H2,(H,16,17). The summed E-state index contributed by atoms with van der Waals surface area (Å²) in [6, 6.07) is 0. The number of amides is 1. The molecule has 102 valence electrons. The molecule has 2 aliphatic rings. The molecule has 1 spiro atoms. The molecule has 7 heteroatoms. The number of piperidine rings is 1. The first-order chi connectivity index (χ1) is 8.26. The summed E-state index contributed by atoms with van der Waals surface area (Å²) >= 11 is 0. The van der Waals surface area contributed by atoms with Gasteiger partial charge in [-0.15, -0.1) is 0 Å². The minimum Gasteiger partial charge on any atom is -0.481 e. The number of hydrogen-bond donors (Lipinski definition) is 1. The van der Waals surface area contributed by atoms with Crippen LogP contribution in [0.5, 0.6) is 0 Å². The van der Waals surface area contributed by atoms with E-state index in [-0.39, 0.29) is 18.5 Å². The van der Waals surface area contributed by atoms with E-state index in [2.05, 4.69) is 0 Å². The molecule has 1 saturated carbocycles. The molecule has 0 aromatic rings. The van der Waals surface area contributed by atoms with Crippen LogP contribution in [0.25, 0.3) is 0 Å². The predicted molar refractivity (Wildman–Crippen MR) is 54.7 cm³/mol. The zero-order chi connectivity index (χ0) is 13.6. The average Bonchev–Trinajstić information content (AvgIpc) is 2.23. The highest BCUT2D eigenvalue weighted by Crippen LogP contribution is 2.52. The SMILES string of the molecule is O=C(O)C1CN(C(=O)C(F)(F)F)CCC12CCC2. The van der Waals surface area contributed by atoms with Gasteiger partial charge < -0.3 is 10.0 Å². The van der Waals surface area contributed by atoms with Crippen molar-refractivity contribution in [2.75, 3.05) is 13.1 Å². The molecule has 1 heterocycles. The van der Waals surface area contributed by atoms with Gasteiger partial charge in [0.25, 0.3) is 0 Å². The normalized spacial score (nSPS) is 26.8. The van der Waals surface area contributed by atoms with Crippen LogP contribution in [0.3, 0.4) is 0 Å². The fourth-order valence-corrected chi connectivity index (χ4v) is 2.97. The van der Waals surface area contributed by atoms with E-state index < -0.39 is 24.0 Å². The Morgan fingerprint density at radius 1 is 1.22 bits per heavy atom. The molecule has 1 aliphatic heterocycles. The van der Waals surface area contributed by atoms with Gasteiger partial charge >= 0.3 is 18.1 Å². The fourth-order valence-electron chi connectivity index (χ4n) is 2.97. The molecular formula is C11H14F3NO3. The Kier molecular flexibility index (Phi) is 3.03. The molecule has 0 aromatic heterocycles. The zero-order valence-corrected chi connectivity index (χ0v) is 9.66. The second kappa shape index (κ2) is 4.13. The van der Waals surface area contributed by atoms with Crippen LogP contribution in [-0.2, 0) is 9.59 Å². The van der Waals surface area contributed by atoms with E-state index in [1.54, 1.807) is 0 Å². The third-order valence-corrected chi connectivity index (χ3v) is 4.20. The molecule has 0 bridgehead atoms. The van der Waals surface area contributed by atoms with Crippen LogP contribution >= 0.6 is 0 Å². The number of carbonyl (C=O) groups excluding carboxylic acids is 1. The summed E-state index contributed by atoms with van der Waals surface area (Å²) in [4.78, 5) is 22.9. The van der Waals surface area contributed by atoms with E-state index in [4.69, 9.17) is 5.11 Å². The molecule has 18 heavy (non-hydrogen) atoms. The van der Waals surface area contributed by atoms with Crippen LogP contribution in [-0.4, -0.2) is 41.1 Å². The lowest BCUT2D eigenvalue weighted by atomic mass is 9.57. The van der Waals surface area contributed by atoms with Crippen LogP contribution in [0.2, 0.25) is 0 Å². The second-order valence-electron chi connectivity index (χ2n) is 5.11. The van der Waals surface area contributed by atoms with Gasteiger partial charge in [-0.2, -0.15) is 13.2 Å². The van der Waals surface area contributed by atoms with Crippen molar-refractivity contribution >= 4 is 11.9 Å². The predicted octanol–water partition coefficient (Wildman–Crippen LogP) is 1.65. The van der Waals surface area contributed by atoms with Crippen molar-refractivity contribution in [3.05, 3.63) is 0 Å². The second-order valence-corrected chi connectivity index (χ2v) is 5.11. The van der Waals surface area contributed by atoms with Crippen molar-refractivity contribution in [2.45, 2.75) is 31.9 Å². The maximum absolute atomic E-state index is 12.3. The highest BCUT2D eigenvalue weighted by atomic mass is 19.4. The van der Waals surface area contributed by atoms with E-state index in [9.17, 15) is 22.8 Å². The van der Waals surface area contributed by atoms with Crippen molar-refractivity contribution in [3.8, 4) is 0 Å². The van der Waals surface area contributed by atoms with Gasteiger partial charge in [0.1, 0.15) is 0 Å². The third kappa shape index (κ3) is 2.06. The van der Waals surface area contributed by atoms with Crippen molar-refractivity contribution in [1.29, 1.82) is 0 Å². The van der Waals surface area contributed by atoms with E-state index in [0.29, 0.717) is 11.3 Å². The Morgan fingerprint density at radius 2 is 1.83 bits per heavy atom. The van der Waals surface area contributed by atoms with E-state index in [1.807, 2.05) is 0 Å². The number of nitrogens with zero attached hydrogens (tertiary/aromatic N) is 1. The Balaban J connectivity index is 2.12. The summed E-state index contributed by atoms with van der Waals surface area (Å²) in [6.45, 7) is -0.324. The van der Waals surface area contributed by atoms with Crippen LogP contribution in [0.4, 0.5) is 13.2 Å². The van der Waals surface area contributed by atoms with E-state index in [1.165, 1.54) is 0 Å². The summed E-state index contributed by atoms with van der Waals surface area (Å²) in [6.07, 6.45) is -2.19. The summed E-state index contributed by atoms with van der Waals surface area (Å²) in [7, 11) is 0. The lowest BCUT2D eigenvalue weighted by molar-refractivity contribution is -0.192. The zero-order valence-electron chi connectivity index (χ0n) is 9.66. The Morgan fingerprint density at radius 3 is 2.22 bits per heavy atom. The van der Waals surface area contributed by atoms with Crippen molar-refractivity contribution in [1.82, 2.24) is 4.90 Å². The highest BCUT2D eigenvalue weighted by Gasteiger charge is 2.53. The van der Waals surface area contributed by atoms with Gasteiger partial charge in [0.15, 0.2) is 0 Å². The number of likely N-dealkylation sites (tertiary alicyclic amines) is 1. The molecule has 1 unspecified atom stereocenters. The molecule has 2 fully saturated rings. The average molecular weight is 265 g/mol. The summed E-state index contributed by atoms with van der Waals surface area (Å²) in [5, 5.41) is 9.12. The van der Waals surface area contributed by atoms with Gasteiger partial charge in [0.2, 0.25) is 0 Å². The van der Waals surface area contributed by atoms with Crippen LogP contribution in [0.1, 0.15) is 25.7 Å². The summed E-state index contributed by atoms with van der Waals surface area (Å²) in [5.74, 6) is -3.90. The fraction of sp³-hybridized carbons (Fsp3) is 0.818. The Bertz CT molecular complexity index is 376. The highest BCUT2D eigenvalue weighted by molar-refractivity contribution is 5.83. The van der Waals surface area contributed by atoms with Gasteiger partial charge in [-0.25, -0.2) is 0 Å². The number of carboxylic acids is 1. The first-order valence-electron chi connectivity index (χ1n) is 5.85. The van der Waals surface area contributed by atoms with E-state index >= 15 is 0 Å². The molecule has 1 saturated heterocycles. The number of aliphatic carboxylic acids is 1. The molecule has 4 nitrogen and oxygen atoms in total. The van der Waals surface area contributed by atoms with E-state index in [0.717, 1.165) is 19.3 Å². The summed E-state index contributed by atoms with van der Waals surface area (Å²) < 4.78 is 36.9. The first kappa shape index (κ1) is 13.2. The topological polar surface area (TPSA) is 57.6 Å². The first-order valence-corrected chi connectivity index (χ1v) is 5.85. The van der Waals surface area contributed by atoms with Crippen molar-refractivity contribution < 1.29 is 27.9 Å². The van der Waals surface area contributed by atoms with Gasteiger partial charge in [-0.1, -0.05) is 6.42 Å². The number of rotatable bonds is 1. The number of carbonyl (C=O) groups is 2. The molecule has 0 radical (unpaired) electrons. The maximum Gasteiger partial charge on any atom is 0.471 e. The maximum atomic E-state index is 12.3. The van der Waals surface area contributed by atoms with Crippen LogP contribution < -0.4 is 0 Å². The molecule has 2 rings (SSSR count). The third-order valence-electron chi connectivity index (χ3n) is 4.20. The van der Waals surface area contributed by atoms with Crippen LogP contribution in [0, 0.1) is 11.3 Å². The number of alkyl halides is 3. The lowest BCUT2D eigenvalue weighted by Crippen LogP contribution is -2.56. The molecular weight excluding hydrogens is 251 g/mol. The van der Waals surface area contributed by atoms with Crippen molar-refractivity contribution in [2.24, 2.45) is 11.3 Å². The van der Waals surface area contributed by atoms with Gasteiger partial charge in [-0.3, -0.25) is 9.59 Å². The monoisotopic (exact) mass is 265 g/mol. The van der Waals surface area contributed by atoms with Gasteiger partial charge in [0, 0.05) is 13.1 Å². The Hall–Kier alpha value is -1.27. The Labute approximate surface area is 102 Å². The summed E-state index contributed by atoms with van der Waals surface area (Å²) in [5.41, 5.74) is -0.381. The largest absolute Gasteiger partial charge is 0.481 e. The number of hydrogen-bond acceptors (Lipinski definition) is 2. The minimum atomic E-state index is -4.92. The molecule has 1 aliphatic carbocycles. The molecule has 1 N–H and O–H groups in total. The van der Waals surface area contributed by atoms with Gasteiger partial charge in [-0.05, 0) is 24.7 Å². The quantitative estimate of drug-likeness (QED) is 0.784. The smallest absolute Gasteiger partial charge is 0.471 e. The van der Waals surface area contributed by atoms with Crippen LogP contribution in [0.15, 0.2) is 0 Å². The lowest BCUT2D eigenvalue weighted by Gasteiger charge is -2.51. The minimum absolute atomic E-state index is 0.00211. The van der Waals surface area contributed by atoms with Gasteiger partial charge in [0.05, 0.1) is 5.92 Å². The number of carboxylic acid groups (broad SMARTS) is 1. The molecule has 1 atom stereocenters. The van der Waals surface area contributed by atoms with Crippen molar-refractivity contribution in [3.63, 3.8) is 0 Å². The molecule has 1 amide bonds.